The average Bonchev–Trinajstić information content (AvgIpc) is 2.26. The fourth-order valence-electron chi connectivity index (χ4n) is 2.07. The second-order valence-corrected chi connectivity index (χ2v) is 6.02. The lowest BCUT2D eigenvalue weighted by Gasteiger charge is -2.22. The lowest BCUT2D eigenvalue weighted by Crippen LogP contribution is -2.51. The monoisotopic (exact) mass is 256 g/mol. The molecule has 0 fully saturated rings. The molecule has 0 rings (SSSR count). The van der Waals surface area contributed by atoms with Gasteiger partial charge in [-0.15, -0.1) is 0 Å². The van der Waals surface area contributed by atoms with Gasteiger partial charge in [-0.25, -0.2) is 0 Å². The molecule has 0 aromatic rings. The summed E-state index contributed by atoms with van der Waals surface area (Å²) in [6.45, 7) is 9.14. The zero-order chi connectivity index (χ0) is 14.0. The second kappa shape index (κ2) is 9.37. The Morgan fingerprint density at radius 2 is 1.83 bits per heavy atom. The van der Waals surface area contributed by atoms with Crippen molar-refractivity contribution in [1.29, 1.82) is 0 Å². The van der Waals surface area contributed by atoms with Crippen molar-refractivity contribution in [2.75, 3.05) is 6.54 Å². The first-order valence-corrected chi connectivity index (χ1v) is 7.47. The van der Waals surface area contributed by atoms with Crippen molar-refractivity contribution >= 4 is 5.91 Å². The Morgan fingerprint density at radius 1 is 1.22 bits per heavy atom. The first-order valence-electron chi connectivity index (χ1n) is 7.47. The van der Waals surface area contributed by atoms with E-state index in [2.05, 4.69) is 19.2 Å². The van der Waals surface area contributed by atoms with Crippen molar-refractivity contribution in [2.45, 2.75) is 78.2 Å². The molecular weight excluding hydrogens is 224 g/mol. The van der Waals surface area contributed by atoms with Gasteiger partial charge in [-0.3, -0.25) is 4.79 Å². The van der Waals surface area contributed by atoms with Gasteiger partial charge >= 0.3 is 0 Å². The van der Waals surface area contributed by atoms with Gasteiger partial charge in [0.2, 0.25) is 5.91 Å². The highest BCUT2D eigenvalue weighted by atomic mass is 16.2. The number of nitrogens with two attached hydrogens (primary N) is 1. The Morgan fingerprint density at radius 3 is 2.39 bits per heavy atom. The summed E-state index contributed by atoms with van der Waals surface area (Å²) >= 11 is 0. The lowest BCUT2D eigenvalue weighted by atomic mass is 9.96. The quantitative estimate of drug-likeness (QED) is 0.590. The van der Waals surface area contributed by atoms with Crippen molar-refractivity contribution in [3.63, 3.8) is 0 Å². The van der Waals surface area contributed by atoms with Crippen LogP contribution in [0.25, 0.3) is 0 Å². The molecule has 1 unspecified atom stereocenters. The lowest BCUT2D eigenvalue weighted by molar-refractivity contribution is -0.126. The largest absolute Gasteiger partial charge is 0.355 e. The van der Waals surface area contributed by atoms with E-state index in [4.69, 9.17) is 5.73 Å². The third-order valence-electron chi connectivity index (χ3n) is 3.28. The number of carbonyl (C=O) groups excluding carboxylic acids is 1. The molecule has 3 heteroatoms. The van der Waals surface area contributed by atoms with Crippen LogP contribution in [0.4, 0.5) is 0 Å². The summed E-state index contributed by atoms with van der Waals surface area (Å²) in [5.74, 6) is 0.795. The first-order chi connectivity index (χ1) is 8.40. The van der Waals surface area contributed by atoms with E-state index in [1.807, 2.05) is 13.8 Å². The zero-order valence-electron chi connectivity index (χ0n) is 12.7. The number of unbranched alkanes of at least 4 members (excludes halogenated alkanes) is 3. The number of carbonyl (C=O) groups is 1. The molecule has 0 aromatic carbocycles. The Kier molecular flexibility index (Phi) is 9.08. The summed E-state index contributed by atoms with van der Waals surface area (Å²) in [6, 6.07) is 0. The van der Waals surface area contributed by atoms with E-state index >= 15 is 0 Å². The second-order valence-electron chi connectivity index (χ2n) is 6.02. The highest BCUT2D eigenvalue weighted by Gasteiger charge is 2.26. The van der Waals surface area contributed by atoms with Crippen LogP contribution in [0.5, 0.6) is 0 Å². The minimum absolute atomic E-state index is 0.00784. The van der Waals surface area contributed by atoms with Crippen LogP contribution >= 0.6 is 0 Å². The van der Waals surface area contributed by atoms with Crippen molar-refractivity contribution in [3.8, 4) is 0 Å². The summed E-state index contributed by atoms with van der Waals surface area (Å²) < 4.78 is 0. The molecule has 0 bridgehead atoms. The van der Waals surface area contributed by atoms with Crippen molar-refractivity contribution in [2.24, 2.45) is 11.7 Å². The summed E-state index contributed by atoms with van der Waals surface area (Å²) in [7, 11) is 0. The van der Waals surface area contributed by atoms with Crippen LogP contribution in [0, 0.1) is 5.92 Å². The molecule has 0 spiro atoms. The van der Waals surface area contributed by atoms with Crippen LogP contribution in [0.3, 0.4) is 0 Å². The van der Waals surface area contributed by atoms with Crippen LogP contribution in [-0.4, -0.2) is 18.0 Å². The molecule has 108 valence electrons. The van der Waals surface area contributed by atoms with Gasteiger partial charge in [0.25, 0.3) is 0 Å². The standard InChI is InChI=1S/C15H32N2O/c1-5-11-15(4,16)14(18)17-12-9-7-6-8-10-13(2)3/h13H,5-12,16H2,1-4H3,(H,17,18). The molecule has 3 nitrogen and oxygen atoms in total. The number of nitrogens with one attached hydrogen (secondary N) is 1. The minimum Gasteiger partial charge on any atom is -0.355 e. The summed E-state index contributed by atoms with van der Waals surface area (Å²) in [5.41, 5.74) is 5.25. The van der Waals surface area contributed by atoms with Gasteiger partial charge in [-0.1, -0.05) is 52.9 Å². The average molecular weight is 256 g/mol. The summed E-state index contributed by atoms with van der Waals surface area (Å²) in [4.78, 5) is 11.8. The third-order valence-corrected chi connectivity index (χ3v) is 3.28. The van der Waals surface area contributed by atoms with E-state index in [0.717, 1.165) is 31.7 Å². The van der Waals surface area contributed by atoms with Crippen molar-refractivity contribution in [3.05, 3.63) is 0 Å². The molecule has 0 heterocycles. The maximum atomic E-state index is 11.8. The minimum atomic E-state index is -0.702. The van der Waals surface area contributed by atoms with Gasteiger partial charge in [0.05, 0.1) is 5.54 Å². The molecule has 1 atom stereocenters. The third kappa shape index (κ3) is 8.51. The van der Waals surface area contributed by atoms with E-state index in [-0.39, 0.29) is 5.91 Å². The first kappa shape index (κ1) is 17.4. The van der Waals surface area contributed by atoms with Crippen LogP contribution < -0.4 is 11.1 Å². The number of amides is 1. The van der Waals surface area contributed by atoms with E-state index in [0.29, 0.717) is 0 Å². The predicted molar refractivity (Wildman–Crippen MR) is 78.4 cm³/mol. The van der Waals surface area contributed by atoms with E-state index in [9.17, 15) is 4.79 Å². The smallest absolute Gasteiger partial charge is 0.239 e. The van der Waals surface area contributed by atoms with Gasteiger partial charge in [-0.2, -0.15) is 0 Å². The van der Waals surface area contributed by atoms with Crippen LogP contribution in [0.2, 0.25) is 0 Å². The fraction of sp³-hybridized carbons (Fsp3) is 0.933. The van der Waals surface area contributed by atoms with Gasteiger partial charge in [0.15, 0.2) is 0 Å². The summed E-state index contributed by atoms with van der Waals surface area (Å²) in [5, 5.41) is 2.94. The SMILES string of the molecule is CCCC(C)(N)C(=O)NCCCCCCC(C)C. The highest BCUT2D eigenvalue weighted by Crippen LogP contribution is 2.10. The molecule has 3 N–H and O–H groups in total. The topological polar surface area (TPSA) is 55.1 Å². The van der Waals surface area contributed by atoms with Crippen molar-refractivity contribution in [1.82, 2.24) is 5.32 Å². The Bertz CT molecular complexity index is 225. The van der Waals surface area contributed by atoms with E-state index < -0.39 is 5.54 Å². The van der Waals surface area contributed by atoms with Crippen LogP contribution in [0.15, 0.2) is 0 Å². The van der Waals surface area contributed by atoms with Crippen LogP contribution in [0.1, 0.15) is 72.6 Å². The van der Waals surface area contributed by atoms with E-state index in [1.165, 1.54) is 25.7 Å². The molecule has 0 aliphatic rings. The van der Waals surface area contributed by atoms with Gasteiger partial charge < -0.3 is 11.1 Å². The molecule has 0 saturated heterocycles. The molecule has 18 heavy (non-hydrogen) atoms. The molecule has 0 saturated carbocycles. The molecule has 0 aliphatic heterocycles. The van der Waals surface area contributed by atoms with Crippen molar-refractivity contribution < 1.29 is 4.79 Å². The molecule has 1 amide bonds. The molecule has 0 radical (unpaired) electrons. The molecule has 0 aliphatic carbocycles. The van der Waals surface area contributed by atoms with E-state index in [1.54, 1.807) is 0 Å². The molecule has 0 aromatic heterocycles. The molecular formula is C15H32N2O. The Balaban J connectivity index is 3.52. The van der Waals surface area contributed by atoms with Crippen LogP contribution in [-0.2, 0) is 4.79 Å². The maximum absolute atomic E-state index is 11.8. The normalized spacial score (nSPS) is 14.6. The van der Waals surface area contributed by atoms with Gasteiger partial charge in [0, 0.05) is 6.54 Å². The zero-order valence-corrected chi connectivity index (χ0v) is 12.7. The van der Waals surface area contributed by atoms with Gasteiger partial charge in [0.1, 0.15) is 0 Å². The number of rotatable bonds is 10. The Hall–Kier alpha value is -0.570. The summed E-state index contributed by atoms with van der Waals surface area (Å²) in [6.07, 6.45) is 7.82. The number of hydrogen-bond donors (Lipinski definition) is 2. The number of hydrogen-bond acceptors (Lipinski definition) is 2. The maximum Gasteiger partial charge on any atom is 0.239 e. The fourth-order valence-corrected chi connectivity index (χ4v) is 2.07. The van der Waals surface area contributed by atoms with Gasteiger partial charge in [-0.05, 0) is 25.7 Å². The highest BCUT2D eigenvalue weighted by molar-refractivity contribution is 5.85. The Labute approximate surface area is 113 Å². The predicted octanol–water partition coefficient (Wildman–Crippen LogP) is 3.23.